The average Bonchev–Trinajstić information content (AvgIpc) is 2.39. The van der Waals surface area contributed by atoms with E-state index in [2.05, 4.69) is 10.0 Å². The largest absolute Gasteiger partial charge is 0.481 e. The van der Waals surface area contributed by atoms with Crippen LogP contribution >= 0.6 is 0 Å². The zero-order chi connectivity index (χ0) is 15.3. The molecule has 0 aliphatic rings. The molecule has 0 aliphatic heterocycles. The van der Waals surface area contributed by atoms with E-state index >= 15 is 0 Å². The molecule has 0 saturated carbocycles. The summed E-state index contributed by atoms with van der Waals surface area (Å²) in [6, 6.07) is 5.93. The van der Waals surface area contributed by atoms with E-state index in [0.717, 1.165) is 0 Å². The fraction of sp³-hybridized carbons (Fsp3) is 0.333. The number of sulfonamides is 1. The Hall–Kier alpha value is -2.09. The molecule has 0 spiro atoms. The predicted molar refractivity (Wildman–Crippen MR) is 75.0 cm³/mol. The molecule has 8 heteroatoms. The number of carboxylic acids is 1. The molecule has 0 aromatic heterocycles. The quantitative estimate of drug-likeness (QED) is 0.681. The van der Waals surface area contributed by atoms with E-state index in [0.29, 0.717) is 11.4 Å². The first-order chi connectivity index (χ1) is 9.25. The number of aliphatic carboxylic acids is 1. The maximum atomic E-state index is 11.5. The molecule has 0 saturated heterocycles. The Bertz CT molecular complexity index is 595. The summed E-state index contributed by atoms with van der Waals surface area (Å²) >= 11 is 0. The van der Waals surface area contributed by atoms with Crippen LogP contribution in [0.2, 0.25) is 0 Å². The summed E-state index contributed by atoms with van der Waals surface area (Å²) in [4.78, 5) is 22.1. The van der Waals surface area contributed by atoms with Gasteiger partial charge in [-0.25, -0.2) is 8.42 Å². The van der Waals surface area contributed by atoms with Gasteiger partial charge in [0.05, 0.1) is 5.75 Å². The number of amides is 1. The molecule has 1 aromatic rings. The fourth-order valence-electron chi connectivity index (χ4n) is 1.24. The number of rotatable bonds is 6. The topological polar surface area (TPSA) is 113 Å². The lowest BCUT2D eigenvalue weighted by molar-refractivity contribution is -0.144. The van der Waals surface area contributed by atoms with Gasteiger partial charge < -0.3 is 10.4 Å². The number of nitrogens with one attached hydrogen (secondary N) is 2. The van der Waals surface area contributed by atoms with Gasteiger partial charge in [-0.2, -0.15) is 0 Å². The Morgan fingerprint density at radius 3 is 2.15 bits per heavy atom. The second-order valence-electron chi connectivity index (χ2n) is 4.13. The third-order valence-electron chi connectivity index (χ3n) is 2.57. The summed E-state index contributed by atoms with van der Waals surface area (Å²) in [5, 5.41) is 11.1. The minimum Gasteiger partial charge on any atom is -0.481 e. The normalized spacial score (nSPS) is 12.5. The lowest BCUT2D eigenvalue weighted by Crippen LogP contribution is -2.26. The standard InChI is InChI=1S/C12H16N2O5S/c1-3-20(18,19)14-10-6-4-9(5-7-10)13-11(15)8(2)12(16)17/h4-8,14H,3H2,1-2H3,(H,13,15)(H,16,17). The van der Waals surface area contributed by atoms with Gasteiger partial charge in [-0.05, 0) is 38.1 Å². The molecule has 7 nitrogen and oxygen atoms in total. The smallest absolute Gasteiger partial charge is 0.315 e. The van der Waals surface area contributed by atoms with Gasteiger partial charge in [-0.3, -0.25) is 14.3 Å². The van der Waals surface area contributed by atoms with Gasteiger partial charge in [0, 0.05) is 11.4 Å². The number of carbonyl (C=O) groups excluding carboxylic acids is 1. The first-order valence-electron chi connectivity index (χ1n) is 5.89. The molecule has 0 heterocycles. The molecule has 1 unspecified atom stereocenters. The number of carboxylic acid groups (broad SMARTS) is 1. The lowest BCUT2D eigenvalue weighted by Gasteiger charge is -2.10. The molecule has 0 aliphatic carbocycles. The van der Waals surface area contributed by atoms with Crippen LogP contribution in [0.3, 0.4) is 0 Å². The van der Waals surface area contributed by atoms with Crippen molar-refractivity contribution in [3.63, 3.8) is 0 Å². The van der Waals surface area contributed by atoms with Gasteiger partial charge >= 0.3 is 5.97 Å². The predicted octanol–water partition coefficient (Wildman–Crippen LogP) is 1.11. The summed E-state index contributed by atoms with van der Waals surface area (Å²) in [6.07, 6.45) is 0. The molecule has 0 bridgehead atoms. The molecule has 0 radical (unpaired) electrons. The van der Waals surface area contributed by atoms with E-state index in [1.165, 1.54) is 38.1 Å². The minimum atomic E-state index is -3.35. The summed E-state index contributed by atoms with van der Waals surface area (Å²) in [6.45, 7) is 2.80. The Kier molecular flexibility index (Phi) is 5.09. The van der Waals surface area contributed by atoms with Crippen molar-refractivity contribution >= 4 is 33.3 Å². The first kappa shape index (κ1) is 16.0. The number of hydrogen-bond acceptors (Lipinski definition) is 4. The fourth-order valence-corrected chi connectivity index (χ4v) is 1.88. The van der Waals surface area contributed by atoms with Gasteiger partial charge in [0.25, 0.3) is 0 Å². The summed E-state index contributed by atoms with van der Waals surface area (Å²) < 4.78 is 25.1. The van der Waals surface area contributed by atoms with Crippen molar-refractivity contribution in [3.8, 4) is 0 Å². The lowest BCUT2D eigenvalue weighted by atomic mass is 10.1. The third kappa shape index (κ3) is 4.54. The van der Waals surface area contributed by atoms with Gasteiger partial charge in [0.1, 0.15) is 5.92 Å². The summed E-state index contributed by atoms with van der Waals surface area (Å²) in [5.74, 6) is -3.05. The monoisotopic (exact) mass is 300 g/mol. The minimum absolute atomic E-state index is 0.0401. The van der Waals surface area contributed by atoms with Crippen molar-refractivity contribution in [2.75, 3.05) is 15.8 Å². The van der Waals surface area contributed by atoms with Crippen LogP contribution in [0, 0.1) is 5.92 Å². The molecule has 3 N–H and O–H groups in total. The Morgan fingerprint density at radius 1 is 1.20 bits per heavy atom. The van der Waals surface area contributed by atoms with Crippen molar-refractivity contribution < 1.29 is 23.1 Å². The van der Waals surface area contributed by atoms with Crippen molar-refractivity contribution in [2.24, 2.45) is 5.92 Å². The molecular weight excluding hydrogens is 284 g/mol. The SMILES string of the molecule is CCS(=O)(=O)Nc1ccc(NC(=O)C(C)C(=O)O)cc1. The van der Waals surface area contributed by atoms with E-state index in [-0.39, 0.29) is 5.75 Å². The highest BCUT2D eigenvalue weighted by atomic mass is 32.2. The van der Waals surface area contributed by atoms with Gasteiger partial charge in [0.15, 0.2) is 0 Å². The molecule has 110 valence electrons. The Morgan fingerprint density at radius 2 is 1.70 bits per heavy atom. The molecule has 20 heavy (non-hydrogen) atoms. The maximum Gasteiger partial charge on any atom is 0.315 e. The molecule has 1 atom stereocenters. The van der Waals surface area contributed by atoms with Crippen LogP contribution in [0.25, 0.3) is 0 Å². The second kappa shape index (κ2) is 6.38. The van der Waals surface area contributed by atoms with Crippen molar-refractivity contribution in [2.45, 2.75) is 13.8 Å². The van der Waals surface area contributed by atoms with Gasteiger partial charge in [-0.15, -0.1) is 0 Å². The highest BCUT2D eigenvalue weighted by Crippen LogP contribution is 2.15. The molecule has 1 aromatic carbocycles. The van der Waals surface area contributed by atoms with Crippen LogP contribution in [0.5, 0.6) is 0 Å². The highest BCUT2D eigenvalue weighted by Gasteiger charge is 2.20. The number of carbonyl (C=O) groups is 2. The van der Waals surface area contributed by atoms with Crippen molar-refractivity contribution in [1.82, 2.24) is 0 Å². The molecule has 0 fully saturated rings. The van der Waals surface area contributed by atoms with Crippen LogP contribution in [0.15, 0.2) is 24.3 Å². The van der Waals surface area contributed by atoms with E-state index in [9.17, 15) is 18.0 Å². The van der Waals surface area contributed by atoms with Crippen LogP contribution in [-0.2, 0) is 19.6 Å². The van der Waals surface area contributed by atoms with Gasteiger partial charge in [0.2, 0.25) is 15.9 Å². The molecule has 1 amide bonds. The molecule has 1 rings (SSSR count). The van der Waals surface area contributed by atoms with Crippen LogP contribution < -0.4 is 10.0 Å². The summed E-state index contributed by atoms with van der Waals surface area (Å²) in [7, 11) is -3.35. The van der Waals surface area contributed by atoms with Crippen LogP contribution in [0.1, 0.15) is 13.8 Å². The maximum absolute atomic E-state index is 11.5. The van der Waals surface area contributed by atoms with E-state index in [4.69, 9.17) is 5.11 Å². The zero-order valence-electron chi connectivity index (χ0n) is 11.1. The number of benzene rings is 1. The number of anilines is 2. The van der Waals surface area contributed by atoms with Gasteiger partial charge in [-0.1, -0.05) is 0 Å². The van der Waals surface area contributed by atoms with Crippen LogP contribution in [-0.4, -0.2) is 31.2 Å². The Labute approximate surface area is 117 Å². The van der Waals surface area contributed by atoms with E-state index in [1.807, 2.05) is 0 Å². The zero-order valence-corrected chi connectivity index (χ0v) is 11.9. The number of hydrogen-bond donors (Lipinski definition) is 3. The third-order valence-corrected chi connectivity index (χ3v) is 3.88. The highest BCUT2D eigenvalue weighted by molar-refractivity contribution is 7.92. The summed E-state index contributed by atoms with van der Waals surface area (Å²) in [5.41, 5.74) is 0.763. The van der Waals surface area contributed by atoms with E-state index < -0.39 is 27.8 Å². The molecular formula is C12H16N2O5S. The first-order valence-corrected chi connectivity index (χ1v) is 7.54. The van der Waals surface area contributed by atoms with Crippen molar-refractivity contribution in [3.05, 3.63) is 24.3 Å². The van der Waals surface area contributed by atoms with E-state index in [1.54, 1.807) is 0 Å². The Balaban J connectivity index is 2.73. The average molecular weight is 300 g/mol. The van der Waals surface area contributed by atoms with Crippen molar-refractivity contribution in [1.29, 1.82) is 0 Å². The second-order valence-corrected chi connectivity index (χ2v) is 6.14. The van der Waals surface area contributed by atoms with Crippen LogP contribution in [0.4, 0.5) is 11.4 Å².